The predicted molar refractivity (Wildman–Crippen MR) is 206 cm³/mol. The van der Waals surface area contributed by atoms with Gasteiger partial charge in [0.25, 0.3) is 0 Å². The summed E-state index contributed by atoms with van der Waals surface area (Å²) < 4.78 is 16.6. The van der Waals surface area contributed by atoms with Crippen LogP contribution in [0.3, 0.4) is 0 Å². The molecule has 6 nitrogen and oxygen atoms in total. The van der Waals surface area contributed by atoms with Crippen molar-refractivity contribution in [2.75, 3.05) is 13.2 Å². The van der Waals surface area contributed by atoms with Gasteiger partial charge < -0.3 is 14.2 Å². The molecule has 0 aromatic heterocycles. The van der Waals surface area contributed by atoms with E-state index in [1.54, 1.807) is 0 Å². The van der Waals surface area contributed by atoms with E-state index in [1.165, 1.54) is 128 Å². The van der Waals surface area contributed by atoms with E-state index in [1.807, 2.05) is 0 Å². The molecule has 0 saturated heterocycles. The Kier molecular flexibility index (Phi) is 36.4. The SMILES string of the molecule is CCCCCCCCCCCCCCC(=O)OC[C@H](COC(=O)CCCCCCCCC(C)C)OC(=O)CCCCCCCCCCCC. The molecule has 0 aliphatic rings. The normalized spacial score (nSPS) is 11.9. The Hall–Kier alpha value is -1.59. The van der Waals surface area contributed by atoms with Gasteiger partial charge in [-0.25, -0.2) is 0 Å². The van der Waals surface area contributed by atoms with Crippen molar-refractivity contribution in [1.29, 1.82) is 0 Å². The second kappa shape index (κ2) is 37.7. The highest BCUT2D eigenvalue weighted by molar-refractivity contribution is 5.71. The number of esters is 3. The van der Waals surface area contributed by atoms with E-state index in [0.717, 1.165) is 63.7 Å². The summed E-state index contributed by atoms with van der Waals surface area (Å²) in [6.45, 7) is 8.90. The quantitative estimate of drug-likeness (QED) is 0.0364. The predicted octanol–water partition coefficient (Wildman–Crippen LogP) is 13.2. The van der Waals surface area contributed by atoms with Crippen LogP contribution in [0, 0.1) is 5.92 Å². The Morgan fingerprint density at radius 3 is 1.00 bits per heavy atom. The molecular formula is C43H82O6. The largest absolute Gasteiger partial charge is 0.462 e. The van der Waals surface area contributed by atoms with Crippen molar-refractivity contribution in [2.45, 2.75) is 239 Å². The summed E-state index contributed by atoms with van der Waals surface area (Å²) in [4.78, 5) is 37.5. The minimum Gasteiger partial charge on any atom is -0.462 e. The zero-order chi connectivity index (χ0) is 36.0. The lowest BCUT2D eigenvalue weighted by atomic mass is 10.0. The summed E-state index contributed by atoms with van der Waals surface area (Å²) in [5, 5.41) is 0. The standard InChI is InChI=1S/C43H82O6/c1-5-7-9-11-13-15-17-18-20-21-26-30-34-41(44)47-37-40(38-48-42(45)35-31-27-24-23-25-29-33-39(3)4)49-43(46)36-32-28-22-19-16-14-12-10-8-6-2/h39-40H,5-38H2,1-4H3/t40-/m1/s1. The Bertz CT molecular complexity index is 736. The average Bonchev–Trinajstić information content (AvgIpc) is 3.08. The molecule has 0 amide bonds. The molecule has 0 radical (unpaired) electrons. The van der Waals surface area contributed by atoms with Crippen molar-refractivity contribution in [3.63, 3.8) is 0 Å². The van der Waals surface area contributed by atoms with Crippen LogP contribution in [-0.2, 0) is 28.6 Å². The van der Waals surface area contributed by atoms with Gasteiger partial charge in [-0.3, -0.25) is 14.4 Å². The number of unbranched alkanes of at least 4 members (excludes halogenated alkanes) is 25. The van der Waals surface area contributed by atoms with Gasteiger partial charge in [-0.15, -0.1) is 0 Å². The Morgan fingerprint density at radius 1 is 0.388 bits per heavy atom. The van der Waals surface area contributed by atoms with Crippen LogP contribution in [0.15, 0.2) is 0 Å². The molecule has 0 fully saturated rings. The number of hydrogen-bond donors (Lipinski definition) is 0. The number of ether oxygens (including phenoxy) is 3. The summed E-state index contributed by atoms with van der Waals surface area (Å²) in [6, 6.07) is 0. The molecule has 6 heteroatoms. The molecule has 0 aliphatic carbocycles. The summed E-state index contributed by atoms with van der Waals surface area (Å²) in [5.74, 6) is -0.101. The lowest BCUT2D eigenvalue weighted by Crippen LogP contribution is -2.30. The molecule has 0 aromatic carbocycles. The van der Waals surface area contributed by atoms with Crippen molar-refractivity contribution in [2.24, 2.45) is 5.92 Å². The fourth-order valence-corrected chi connectivity index (χ4v) is 6.27. The van der Waals surface area contributed by atoms with Crippen LogP contribution in [0.1, 0.15) is 233 Å². The van der Waals surface area contributed by atoms with Crippen molar-refractivity contribution in [3.8, 4) is 0 Å². The maximum Gasteiger partial charge on any atom is 0.306 e. The number of hydrogen-bond acceptors (Lipinski definition) is 6. The van der Waals surface area contributed by atoms with E-state index in [2.05, 4.69) is 27.7 Å². The molecule has 0 aromatic rings. The summed E-state index contributed by atoms with van der Waals surface area (Å²) >= 11 is 0. The molecule has 0 saturated carbocycles. The molecule has 0 bridgehead atoms. The van der Waals surface area contributed by atoms with Crippen LogP contribution >= 0.6 is 0 Å². The number of carbonyl (C=O) groups excluding carboxylic acids is 3. The van der Waals surface area contributed by atoms with E-state index < -0.39 is 6.10 Å². The molecule has 0 heterocycles. The van der Waals surface area contributed by atoms with Crippen LogP contribution in [0.25, 0.3) is 0 Å². The monoisotopic (exact) mass is 695 g/mol. The molecule has 0 spiro atoms. The Labute approximate surface area is 304 Å². The van der Waals surface area contributed by atoms with Gasteiger partial charge in [0.15, 0.2) is 6.10 Å². The first-order valence-electron chi connectivity index (χ1n) is 21.4. The fraction of sp³-hybridized carbons (Fsp3) is 0.930. The minimum absolute atomic E-state index is 0.0650. The molecule has 0 rings (SSSR count). The van der Waals surface area contributed by atoms with Crippen LogP contribution in [0.4, 0.5) is 0 Å². The first-order valence-corrected chi connectivity index (χ1v) is 21.4. The third-order valence-corrected chi connectivity index (χ3v) is 9.54. The number of carbonyl (C=O) groups is 3. The molecule has 0 N–H and O–H groups in total. The van der Waals surface area contributed by atoms with Crippen molar-refractivity contribution < 1.29 is 28.6 Å². The van der Waals surface area contributed by atoms with Crippen LogP contribution in [-0.4, -0.2) is 37.2 Å². The summed E-state index contributed by atoms with van der Waals surface area (Å²) in [5.41, 5.74) is 0. The van der Waals surface area contributed by atoms with Crippen LogP contribution in [0.5, 0.6) is 0 Å². The van der Waals surface area contributed by atoms with Crippen molar-refractivity contribution in [1.82, 2.24) is 0 Å². The third kappa shape index (κ3) is 37.5. The van der Waals surface area contributed by atoms with Gasteiger partial charge in [0, 0.05) is 19.3 Å². The average molecular weight is 695 g/mol. The zero-order valence-corrected chi connectivity index (χ0v) is 33.1. The zero-order valence-electron chi connectivity index (χ0n) is 33.1. The highest BCUT2D eigenvalue weighted by Gasteiger charge is 2.19. The van der Waals surface area contributed by atoms with E-state index in [-0.39, 0.29) is 31.1 Å². The van der Waals surface area contributed by atoms with E-state index in [9.17, 15) is 14.4 Å². The molecule has 1 atom stereocenters. The second-order valence-corrected chi connectivity index (χ2v) is 15.1. The van der Waals surface area contributed by atoms with E-state index in [0.29, 0.717) is 19.3 Å². The fourth-order valence-electron chi connectivity index (χ4n) is 6.27. The lowest BCUT2D eigenvalue weighted by molar-refractivity contribution is -0.167. The van der Waals surface area contributed by atoms with Crippen molar-refractivity contribution >= 4 is 17.9 Å². The second-order valence-electron chi connectivity index (χ2n) is 15.1. The van der Waals surface area contributed by atoms with Gasteiger partial charge in [0.2, 0.25) is 0 Å². The van der Waals surface area contributed by atoms with Gasteiger partial charge in [0.05, 0.1) is 0 Å². The minimum atomic E-state index is -0.758. The third-order valence-electron chi connectivity index (χ3n) is 9.54. The topological polar surface area (TPSA) is 78.9 Å². The van der Waals surface area contributed by atoms with Gasteiger partial charge in [-0.1, -0.05) is 195 Å². The van der Waals surface area contributed by atoms with Crippen molar-refractivity contribution in [3.05, 3.63) is 0 Å². The first kappa shape index (κ1) is 47.4. The Balaban J connectivity index is 4.33. The molecule has 49 heavy (non-hydrogen) atoms. The molecule has 0 aliphatic heterocycles. The first-order chi connectivity index (χ1) is 23.9. The van der Waals surface area contributed by atoms with Crippen LogP contribution < -0.4 is 0 Å². The van der Waals surface area contributed by atoms with Gasteiger partial charge >= 0.3 is 17.9 Å². The summed E-state index contributed by atoms with van der Waals surface area (Å²) in [7, 11) is 0. The summed E-state index contributed by atoms with van der Waals surface area (Å²) in [6.07, 6.45) is 35.2. The van der Waals surface area contributed by atoms with E-state index >= 15 is 0 Å². The highest BCUT2D eigenvalue weighted by Crippen LogP contribution is 2.15. The smallest absolute Gasteiger partial charge is 0.306 e. The maximum absolute atomic E-state index is 12.6. The highest BCUT2D eigenvalue weighted by atomic mass is 16.6. The molecule has 290 valence electrons. The van der Waals surface area contributed by atoms with Gasteiger partial charge in [-0.2, -0.15) is 0 Å². The lowest BCUT2D eigenvalue weighted by Gasteiger charge is -2.18. The van der Waals surface area contributed by atoms with Gasteiger partial charge in [0.1, 0.15) is 13.2 Å². The maximum atomic E-state index is 12.6. The van der Waals surface area contributed by atoms with E-state index in [4.69, 9.17) is 14.2 Å². The Morgan fingerprint density at radius 2 is 0.673 bits per heavy atom. The van der Waals surface area contributed by atoms with Gasteiger partial charge in [-0.05, 0) is 25.2 Å². The molecule has 0 unspecified atom stereocenters. The molecular weight excluding hydrogens is 612 g/mol. The number of rotatable bonds is 38. The van der Waals surface area contributed by atoms with Crippen LogP contribution in [0.2, 0.25) is 0 Å².